The molecule has 0 aromatic heterocycles. The van der Waals surface area contributed by atoms with Gasteiger partial charge in [-0.15, -0.1) is 0 Å². The summed E-state index contributed by atoms with van der Waals surface area (Å²) in [6.45, 7) is 0. The van der Waals surface area contributed by atoms with Gasteiger partial charge in [-0.25, -0.2) is 0 Å². The number of esters is 1. The highest BCUT2D eigenvalue weighted by Gasteiger charge is 2.14. The summed E-state index contributed by atoms with van der Waals surface area (Å²) in [5.41, 5.74) is 6.37. The highest BCUT2D eigenvalue weighted by atomic mass is 35.5. The zero-order chi connectivity index (χ0) is 11.4. The molecule has 1 unspecified atom stereocenters. The van der Waals surface area contributed by atoms with Crippen LogP contribution in [0.15, 0.2) is 18.2 Å². The quantitative estimate of drug-likeness (QED) is 0.773. The van der Waals surface area contributed by atoms with Crippen LogP contribution in [0.3, 0.4) is 0 Å². The molecule has 0 heterocycles. The van der Waals surface area contributed by atoms with E-state index in [1.807, 2.05) is 0 Å². The lowest BCUT2D eigenvalue weighted by Gasteiger charge is -2.12. The second kappa shape index (κ2) is 5.00. The molecule has 0 saturated carbocycles. The van der Waals surface area contributed by atoms with Gasteiger partial charge in [0.15, 0.2) is 0 Å². The Morgan fingerprint density at radius 3 is 2.87 bits per heavy atom. The Balaban J connectivity index is 2.82. The van der Waals surface area contributed by atoms with Crippen LogP contribution in [-0.2, 0) is 9.53 Å². The molecule has 0 amide bonds. The van der Waals surface area contributed by atoms with Crippen LogP contribution in [0.4, 0.5) is 0 Å². The van der Waals surface area contributed by atoms with E-state index in [0.717, 1.165) is 0 Å². The van der Waals surface area contributed by atoms with Gasteiger partial charge >= 0.3 is 5.97 Å². The molecular weight excluding hydrogens is 218 g/mol. The molecule has 0 aliphatic rings. The fraction of sp³-hybridized carbons (Fsp3) is 0.300. The maximum atomic E-state index is 11.0. The van der Waals surface area contributed by atoms with E-state index in [9.17, 15) is 4.79 Å². The first-order valence-corrected chi connectivity index (χ1v) is 4.73. The van der Waals surface area contributed by atoms with Crippen molar-refractivity contribution in [2.75, 3.05) is 7.11 Å². The van der Waals surface area contributed by atoms with Gasteiger partial charge in [0.2, 0.25) is 0 Å². The summed E-state index contributed by atoms with van der Waals surface area (Å²) in [4.78, 5) is 11.0. The molecule has 3 N–H and O–H groups in total. The zero-order valence-electron chi connectivity index (χ0n) is 8.24. The summed E-state index contributed by atoms with van der Waals surface area (Å²) in [7, 11) is 1.30. The molecule has 0 spiro atoms. The summed E-state index contributed by atoms with van der Waals surface area (Å²) >= 11 is 5.86. The van der Waals surface area contributed by atoms with Crippen molar-refractivity contribution in [3.63, 3.8) is 0 Å². The number of aromatic hydroxyl groups is 1. The van der Waals surface area contributed by atoms with Crippen LogP contribution in [0, 0.1) is 0 Å². The number of carbonyl (C=O) groups excluding carboxylic acids is 1. The average molecular weight is 230 g/mol. The van der Waals surface area contributed by atoms with Crippen molar-refractivity contribution in [2.24, 2.45) is 5.73 Å². The minimum atomic E-state index is -0.523. The van der Waals surface area contributed by atoms with E-state index < -0.39 is 12.0 Å². The topological polar surface area (TPSA) is 72.5 Å². The Kier molecular flexibility index (Phi) is 3.94. The predicted octanol–water partition coefficient (Wildman–Crippen LogP) is 1.61. The number of nitrogens with two attached hydrogens (primary N) is 1. The Bertz CT molecular complexity index is 368. The monoisotopic (exact) mass is 229 g/mol. The van der Waals surface area contributed by atoms with Crippen molar-refractivity contribution in [1.29, 1.82) is 0 Å². The highest BCUT2D eigenvalue weighted by Crippen LogP contribution is 2.27. The minimum Gasteiger partial charge on any atom is -0.508 e. The molecule has 15 heavy (non-hydrogen) atoms. The van der Waals surface area contributed by atoms with Crippen molar-refractivity contribution in [1.82, 2.24) is 0 Å². The summed E-state index contributed by atoms with van der Waals surface area (Å²) in [6, 6.07) is 3.92. The number of ether oxygens (including phenoxy) is 1. The largest absolute Gasteiger partial charge is 0.508 e. The Morgan fingerprint density at radius 2 is 2.33 bits per heavy atom. The molecule has 1 rings (SSSR count). The third kappa shape index (κ3) is 3.11. The standard InChI is InChI=1S/C10H12ClNO3/c1-15-10(14)5-9(12)7-3-2-6(13)4-8(7)11/h2-4,9,13H,5,12H2,1H3. The van der Waals surface area contributed by atoms with Gasteiger partial charge in [0.05, 0.1) is 13.5 Å². The summed E-state index contributed by atoms with van der Waals surface area (Å²) in [5.74, 6) is -0.333. The van der Waals surface area contributed by atoms with Crippen molar-refractivity contribution in [2.45, 2.75) is 12.5 Å². The number of phenolic OH excluding ortho intramolecular Hbond substituents is 1. The third-order valence-corrected chi connectivity index (χ3v) is 2.33. The maximum absolute atomic E-state index is 11.0. The lowest BCUT2D eigenvalue weighted by molar-refractivity contribution is -0.141. The molecule has 1 aromatic rings. The number of hydrogen-bond donors (Lipinski definition) is 2. The van der Waals surface area contributed by atoms with Crippen molar-refractivity contribution in [3.8, 4) is 5.75 Å². The van der Waals surface area contributed by atoms with Crippen LogP contribution < -0.4 is 5.73 Å². The number of carbonyl (C=O) groups is 1. The molecule has 0 saturated heterocycles. The molecule has 5 heteroatoms. The molecule has 4 nitrogen and oxygen atoms in total. The number of phenols is 1. The van der Waals surface area contributed by atoms with Crippen LogP contribution in [0.25, 0.3) is 0 Å². The van der Waals surface area contributed by atoms with Gasteiger partial charge in [0.25, 0.3) is 0 Å². The van der Waals surface area contributed by atoms with Gasteiger partial charge < -0.3 is 15.6 Å². The Labute approximate surface area is 92.6 Å². The van der Waals surface area contributed by atoms with E-state index in [0.29, 0.717) is 10.6 Å². The zero-order valence-corrected chi connectivity index (χ0v) is 8.99. The van der Waals surface area contributed by atoms with Crippen LogP contribution >= 0.6 is 11.6 Å². The van der Waals surface area contributed by atoms with E-state index in [1.54, 1.807) is 6.07 Å². The van der Waals surface area contributed by atoms with E-state index in [4.69, 9.17) is 22.4 Å². The van der Waals surface area contributed by atoms with E-state index in [2.05, 4.69) is 4.74 Å². The van der Waals surface area contributed by atoms with Crippen LogP contribution in [0.5, 0.6) is 5.75 Å². The Hall–Kier alpha value is -1.26. The fourth-order valence-electron chi connectivity index (χ4n) is 1.19. The lowest BCUT2D eigenvalue weighted by atomic mass is 10.0. The fourth-order valence-corrected chi connectivity index (χ4v) is 1.50. The van der Waals surface area contributed by atoms with E-state index in [1.165, 1.54) is 19.2 Å². The molecule has 0 radical (unpaired) electrons. The molecular formula is C10H12ClNO3. The van der Waals surface area contributed by atoms with Gasteiger partial charge in [0.1, 0.15) is 5.75 Å². The second-order valence-corrected chi connectivity index (χ2v) is 3.50. The SMILES string of the molecule is COC(=O)CC(N)c1ccc(O)cc1Cl. The third-order valence-electron chi connectivity index (χ3n) is 2.00. The number of rotatable bonds is 3. The Morgan fingerprint density at radius 1 is 1.67 bits per heavy atom. The first kappa shape index (κ1) is 11.8. The highest BCUT2D eigenvalue weighted by molar-refractivity contribution is 6.31. The number of benzene rings is 1. The summed E-state index contributed by atoms with van der Waals surface area (Å²) in [5, 5.41) is 9.47. The molecule has 0 aliphatic heterocycles. The number of halogens is 1. The van der Waals surface area contributed by atoms with Crippen LogP contribution in [0.2, 0.25) is 5.02 Å². The maximum Gasteiger partial charge on any atom is 0.307 e. The van der Waals surface area contributed by atoms with Crippen molar-refractivity contribution >= 4 is 17.6 Å². The van der Waals surface area contributed by atoms with Gasteiger partial charge in [-0.2, -0.15) is 0 Å². The molecule has 82 valence electrons. The van der Waals surface area contributed by atoms with Crippen LogP contribution in [-0.4, -0.2) is 18.2 Å². The minimum absolute atomic E-state index is 0.0565. The van der Waals surface area contributed by atoms with Crippen molar-refractivity contribution in [3.05, 3.63) is 28.8 Å². The van der Waals surface area contributed by atoms with Crippen molar-refractivity contribution < 1.29 is 14.6 Å². The first-order chi connectivity index (χ1) is 7.04. The van der Waals surface area contributed by atoms with Gasteiger partial charge in [-0.05, 0) is 17.7 Å². The number of methoxy groups -OCH3 is 1. The van der Waals surface area contributed by atoms with Gasteiger partial charge in [0, 0.05) is 11.1 Å². The summed E-state index contributed by atoms with van der Waals surface area (Å²) < 4.78 is 4.49. The smallest absolute Gasteiger partial charge is 0.307 e. The second-order valence-electron chi connectivity index (χ2n) is 3.09. The predicted molar refractivity (Wildman–Crippen MR) is 56.7 cm³/mol. The number of hydrogen-bond acceptors (Lipinski definition) is 4. The van der Waals surface area contributed by atoms with E-state index >= 15 is 0 Å². The lowest BCUT2D eigenvalue weighted by Crippen LogP contribution is -2.16. The molecule has 1 atom stereocenters. The van der Waals surface area contributed by atoms with E-state index in [-0.39, 0.29) is 12.2 Å². The van der Waals surface area contributed by atoms with Gasteiger partial charge in [-0.3, -0.25) is 4.79 Å². The average Bonchev–Trinajstić information content (AvgIpc) is 2.17. The molecule has 0 fully saturated rings. The molecule has 0 aliphatic carbocycles. The molecule has 1 aromatic carbocycles. The van der Waals surface area contributed by atoms with Crippen LogP contribution in [0.1, 0.15) is 18.0 Å². The molecule has 0 bridgehead atoms. The van der Waals surface area contributed by atoms with Gasteiger partial charge in [-0.1, -0.05) is 17.7 Å². The normalized spacial score (nSPS) is 12.2. The summed E-state index contributed by atoms with van der Waals surface area (Å²) in [6.07, 6.45) is 0.0565. The first-order valence-electron chi connectivity index (χ1n) is 4.35.